The minimum atomic E-state index is -0.790. The Kier molecular flexibility index (Phi) is 5.22. The van der Waals surface area contributed by atoms with E-state index in [9.17, 15) is 9.59 Å². The van der Waals surface area contributed by atoms with E-state index < -0.39 is 12.1 Å². The van der Waals surface area contributed by atoms with Gasteiger partial charge in [-0.3, -0.25) is 4.79 Å². The van der Waals surface area contributed by atoms with Gasteiger partial charge in [-0.15, -0.1) is 0 Å². The predicted molar refractivity (Wildman–Crippen MR) is 98.6 cm³/mol. The number of hydrogen-bond acceptors (Lipinski definition) is 6. The van der Waals surface area contributed by atoms with Crippen molar-refractivity contribution in [2.45, 2.75) is 51.7 Å². The topological polar surface area (TPSA) is 85.5 Å². The van der Waals surface area contributed by atoms with Crippen LogP contribution in [0.4, 0.5) is 5.13 Å². The smallest absolute Gasteiger partial charge is 0.338 e. The maximum absolute atomic E-state index is 12.7. The van der Waals surface area contributed by atoms with Gasteiger partial charge in [0.2, 0.25) is 0 Å². The molecule has 0 radical (unpaired) electrons. The van der Waals surface area contributed by atoms with Crippen LogP contribution in [-0.2, 0) is 9.53 Å². The Hall–Kier alpha value is -2.15. The van der Waals surface area contributed by atoms with E-state index in [0.717, 1.165) is 42.4 Å². The van der Waals surface area contributed by atoms with Crippen LogP contribution in [0.5, 0.6) is 0 Å². The van der Waals surface area contributed by atoms with Crippen molar-refractivity contribution in [3.63, 3.8) is 0 Å². The van der Waals surface area contributed by atoms with Gasteiger partial charge in [0.25, 0.3) is 5.91 Å². The van der Waals surface area contributed by atoms with Gasteiger partial charge < -0.3 is 15.4 Å². The number of rotatable bonds is 4. The van der Waals surface area contributed by atoms with Crippen molar-refractivity contribution >= 4 is 38.6 Å². The first-order valence-electron chi connectivity index (χ1n) is 8.67. The number of piperidine rings is 1. The van der Waals surface area contributed by atoms with Gasteiger partial charge in [-0.05, 0) is 50.8 Å². The number of fused-ring (bicyclic) bond motifs is 1. The zero-order valence-electron chi connectivity index (χ0n) is 14.5. The quantitative estimate of drug-likeness (QED) is 0.845. The second-order valence-corrected chi connectivity index (χ2v) is 7.43. The van der Waals surface area contributed by atoms with Gasteiger partial charge in [-0.1, -0.05) is 18.3 Å². The third-order valence-electron chi connectivity index (χ3n) is 4.65. The number of benzene rings is 1. The van der Waals surface area contributed by atoms with E-state index in [0.29, 0.717) is 10.7 Å². The molecule has 2 aromatic rings. The van der Waals surface area contributed by atoms with Crippen molar-refractivity contribution in [2.75, 3.05) is 12.3 Å². The molecule has 0 saturated carbocycles. The maximum Gasteiger partial charge on any atom is 0.338 e. The van der Waals surface area contributed by atoms with Gasteiger partial charge in [0.15, 0.2) is 11.2 Å². The van der Waals surface area contributed by atoms with Gasteiger partial charge in [0.1, 0.15) is 0 Å². The number of nitrogen functional groups attached to an aromatic ring is 1. The lowest BCUT2D eigenvalue weighted by molar-refractivity contribution is -0.143. The van der Waals surface area contributed by atoms with Crippen LogP contribution in [0.25, 0.3) is 10.2 Å². The summed E-state index contributed by atoms with van der Waals surface area (Å²) in [5.41, 5.74) is 6.84. The Balaban J connectivity index is 1.69. The summed E-state index contributed by atoms with van der Waals surface area (Å²) in [5, 5.41) is 0.458. The van der Waals surface area contributed by atoms with E-state index in [1.807, 2.05) is 4.90 Å². The highest BCUT2D eigenvalue weighted by Crippen LogP contribution is 2.25. The minimum Gasteiger partial charge on any atom is -0.449 e. The number of anilines is 1. The molecule has 1 amide bonds. The fourth-order valence-electron chi connectivity index (χ4n) is 3.30. The molecule has 2 atom stereocenters. The lowest BCUT2D eigenvalue weighted by Crippen LogP contribution is -2.48. The van der Waals surface area contributed by atoms with E-state index in [4.69, 9.17) is 10.5 Å². The monoisotopic (exact) mass is 361 g/mol. The van der Waals surface area contributed by atoms with Crippen molar-refractivity contribution < 1.29 is 14.3 Å². The minimum absolute atomic E-state index is 0.108. The highest BCUT2D eigenvalue weighted by molar-refractivity contribution is 7.22. The van der Waals surface area contributed by atoms with Crippen LogP contribution in [0.2, 0.25) is 0 Å². The predicted octanol–water partition coefficient (Wildman–Crippen LogP) is 3.21. The van der Waals surface area contributed by atoms with Crippen molar-refractivity contribution in [3.05, 3.63) is 23.8 Å². The third-order valence-corrected chi connectivity index (χ3v) is 5.50. The number of likely N-dealkylation sites (tertiary alicyclic amines) is 1. The molecule has 25 heavy (non-hydrogen) atoms. The normalized spacial score (nSPS) is 19.0. The Morgan fingerprint density at radius 2 is 2.24 bits per heavy atom. The molecule has 2 N–H and O–H groups in total. The molecule has 7 heteroatoms. The zero-order chi connectivity index (χ0) is 18.0. The lowest BCUT2D eigenvalue weighted by atomic mass is 9.99. The van der Waals surface area contributed by atoms with E-state index in [2.05, 4.69) is 11.9 Å². The van der Waals surface area contributed by atoms with E-state index in [-0.39, 0.29) is 11.9 Å². The fourth-order valence-corrected chi connectivity index (χ4v) is 4.07. The SMILES string of the molecule is CC[C@H]1CCCCN1C(=O)[C@H](C)OC(=O)c1ccc2nc(N)sc2c1. The van der Waals surface area contributed by atoms with E-state index in [1.54, 1.807) is 25.1 Å². The first kappa shape index (κ1) is 17.7. The van der Waals surface area contributed by atoms with E-state index >= 15 is 0 Å². The highest BCUT2D eigenvalue weighted by atomic mass is 32.1. The van der Waals surface area contributed by atoms with Gasteiger partial charge in [-0.25, -0.2) is 9.78 Å². The zero-order valence-corrected chi connectivity index (χ0v) is 15.3. The number of amides is 1. The Morgan fingerprint density at radius 1 is 1.44 bits per heavy atom. The van der Waals surface area contributed by atoms with Gasteiger partial charge in [0.05, 0.1) is 15.8 Å². The Bertz CT molecular complexity index is 789. The molecule has 2 heterocycles. The highest BCUT2D eigenvalue weighted by Gasteiger charge is 2.30. The Labute approximate surface area is 151 Å². The summed E-state index contributed by atoms with van der Waals surface area (Å²) in [6.07, 6.45) is 3.31. The summed E-state index contributed by atoms with van der Waals surface area (Å²) >= 11 is 1.32. The van der Waals surface area contributed by atoms with Gasteiger partial charge in [-0.2, -0.15) is 0 Å². The third kappa shape index (κ3) is 3.76. The molecular weight excluding hydrogens is 338 g/mol. The Morgan fingerprint density at radius 3 is 3.00 bits per heavy atom. The molecule has 1 aliphatic rings. The lowest BCUT2D eigenvalue weighted by Gasteiger charge is -2.36. The first-order chi connectivity index (χ1) is 12.0. The standard InChI is InChI=1S/C18H23N3O3S/c1-3-13-6-4-5-9-21(13)16(22)11(2)24-17(23)12-7-8-14-15(10-12)25-18(19)20-14/h7-8,10-11,13H,3-6,9H2,1-2H3,(H2,19,20)/t11-,13-/m0/s1. The fraction of sp³-hybridized carbons (Fsp3) is 0.500. The summed E-state index contributed by atoms with van der Waals surface area (Å²) in [4.78, 5) is 31.1. The average Bonchev–Trinajstić information content (AvgIpc) is 2.99. The molecule has 1 saturated heterocycles. The van der Waals surface area contributed by atoms with Gasteiger partial charge >= 0.3 is 5.97 Å². The molecule has 1 fully saturated rings. The number of esters is 1. The van der Waals surface area contributed by atoms with Crippen LogP contribution in [0.1, 0.15) is 49.9 Å². The molecule has 1 aromatic heterocycles. The number of ether oxygens (including phenoxy) is 1. The van der Waals surface area contributed by atoms with Crippen molar-refractivity contribution in [1.29, 1.82) is 0 Å². The second kappa shape index (κ2) is 7.39. The largest absolute Gasteiger partial charge is 0.449 e. The number of thiazole rings is 1. The van der Waals surface area contributed by atoms with Crippen LogP contribution in [0.3, 0.4) is 0 Å². The first-order valence-corrected chi connectivity index (χ1v) is 9.48. The van der Waals surface area contributed by atoms with Crippen molar-refractivity contribution in [2.24, 2.45) is 0 Å². The van der Waals surface area contributed by atoms with Crippen LogP contribution >= 0.6 is 11.3 Å². The molecule has 0 aliphatic carbocycles. The summed E-state index contributed by atoms with van der Waals surface area (Å²) in [5.74, 6) is -0.609. The second-order valence-electron chi connectivity index (χ2n) is 6.37. The number of carbonyl (C=O) groups excluding carboxylic acids is 2. The summed E-state index contributed by atoms with van der Waals surface area (Å²) in [7, 11) is 0. The van der Waals surface area contributed by atoms with Gasteiger partial charge in [0, 0.05) is 12.6 Å². The molecule has 6 nitrogen and oxygen atoms in total. The van der Waals surface area contributed by atoms with Crippen molar-refractivity contribution in [1.82, 2.24) is 9.88 Å². The van der Waals surface area contributed by atoms with Crippen LogP contribution < -0.4 is 5.73 Å². The number of nitrogens with two attached hydrogens (primary N) is 1. The summed E-state index contributed by atoms with van der Waals surface area (Å²) < 4.78 is 6.25. The number of aromatic nitrogens is 1. The summed E-state index contributed by atoms with van der Waals surface area (Å²) in [6, 6.07) is 5.34. The number of nitrogens with zero attached hydrogens (tertiary/aromatic N) is 2. The number of hydrogen-bond donors (Lipinski definition) is 1. The molecule has 1 aliphatic heterocycles. The van der Waals surface area contributed by atoms with Crippen LogP contribution in [0.15, 0.2) is 18.2 Å². The average molecular weight is 361 g/mol. The van der Waals surface area contributed by atoms with E-state index in [1.165, 1.54) is 11.3 Å². The molecule has 0 unspecified atom stereocenters. The summed E-state index contributed by atoms with van der Waals surface area (Å²) in [6.45, 7) is 4.47. The molecule has 3 rings (SSSR count). The number of carbonyl (C=O) groups is 2. The van der Waals surface area contributed by atoms with Crippen LogP contribution in [0, 0.1) is 0 Å². The molecule has 1 aromatic carbocycles. The van der Waals surface area contributed by atoms with Crippen LogP contribution in [-0.4, -0.2) is 40.5 Å². The maximum atomic E-state index is 12.7. The molecule has 0 spiro atoms. The molecular formula is C18H23N3O3S. The molecule has 0 bridgehead atoms. The van der Waals surface area contributed by atoms with Crippen molar-refractivity contribution in [3.8, 4) is 0 Å². The molecule has 134 valence electrons.